The number of hydrogen-bond acceptors (Lipinski definition) is 3. The molecule has 2 saturated carbocycles. The van der Waals surface area contributed by atoms with Gasteiger partial charge in [0.2, 0.25) is 0 Å². The van der Waals surface area contributed by atoms with Crippen LogP contribution in [0.15, 0.2) is 0 Å². The highest BCUT2D eigenvalue weighted by molar-refractivity contribution is 7.91. The monoisotopic (exact) mass is 316 g/mol. The summed E-state index contributed by atoms with van der Waals surface area (Å²) in [5.41, 5.74) is -0.618. The van der Waals surface area contributed by atoms with Crippen LogP contribution >= 0.6 is 0 Å². The molecule has 0 saturated heterocycles. The molecule has 0 aliphatic heterocycles. The smallest absolute Gasteiger partial charge is 0.150 e. The highest BCUT2D eigenvalue weighted by Crippen LogP contribution is 2.44. The molecule has 2 aliphatic rings. The van der Waals surface area contributed by atoms with Crippen LogP contribution < -0.4 is 0 Å². The van der Waals surface area contributed by atoms with Gasteiger partial charge in [0.25, 0.3) is 0 Å². The van der Waals surface area contributed by atoms with Crippen molar-refractivity contribution in [1.29, 1.82) is 0 Å². The normalized spacial score (nSPS) is 39.2. The van der Waals surface area contributed by atoms with E-state index in [0.717, 1.165) is 44.9 Å². The zero-order valence-corrected chi connectivity index (χ0v) is 14.7. The van der Waals surface area contributed by atoms with Crippen molar-refractivity contribution in [3.05, 3.63) is 0 Å². The molecule has 0 aromatic rings. The number of sulfone groups is 1. The van der Waals surface area contributed by atoms with Crippen LogP contribution in [0, 0.1) is 17.8 Å². The fourth-order valence-corrected chi connectivity index (χ4v) is 5.65. The van der Waals surface area contributed by atoms with E-state index in [-0.39, 0.29) is 11.2 Å². The Morgan fingerprint density at radius 2 is 1.76 bits per heavy atom. The summed E-state index contributed by atoms with van der Waals surface area (Å²) in [5.74, 6) is 1.58. The molecule has 3 nitrogen and oxygen atoms in total. The van der Waals surface area contributed by atoms with Gasteiger partial charge in [0.05, 0.1) is 10.9 Å². The Hall–Kier alpha value is -0.0900. The lowest BCUT2D eigenvalue weighted by Crippen LogP contribution is -2.42. The minimum Gasteiger partial charge on any atom is -0.390 e. The Kier molecular flexibility index (Phi) is 5.40. The molecule has 2 fully saturated rings. The van der Waals surface area contributed by atoms with Crippen LogP contribution in [0.25, 0.3) is 0 Å². The van der Waals surface area contributed by atoms with Gasteiger partial charge in [-0.05, 0) is 56.3 Å². The van der Waals surface area contributed by atoms with E-state index in [0.29, 0.717) is 18.3 Å². The molecule has 4 unspecified atom stereocenters. The summed E-state index contributed by atoms with van der Waals surface area (Å²) in [6.45, 7) is 4.55. The van der Waals surface area contributed by atoms with Crippen LogP contribution in [0.3, 0.4) is 0 Å². The van der Waals surface area contributed by atoms with Gasteiger partial charge in [0.1, 0.15) is 9.84 Å². The van der Waals surface area contributed by atoms with E-state index in [9.17, 15) is 13.5 Å². The number of aliphatic hydroxyl groups is 1. The van der Waals surface area contributed by atoms with Gasteiger partial charge < -0.3 is 5.11 Å². The van der Waals surface area contributed by atoms with Gasteiger partial charge in [0.15, 0.2) is 0 Å². The largest absolute Gasteiger partial charge is 0.390 e. The topological polar surface area (TPSA) is 54.4 Å². The van der Waals surface area contributed by atoms with Crippen LogP contribution in [-0.2, 0) is 9.84 Å². The Labute approximate surface area is 130 Å². The summed E-state index contributed by atoms with van der Waals surface area (Å²) in [6, 6.07) is 0. The molecular weight excluding hydrogens is 284 g/mol. The first-order valence-electron chi connectivity index (χ1n) is 8.63. The quantitative estimate of drug-likeness (QED) is 0.810. The Morgan fingerprint density at radius 3 is 2.38 bits per heavy atom. The molecule has 0 amide bonds. The maximum absolute atomic E-state index is 11.8. The summed E-state index contributed by atoms with van der Waals surface area (Å²) in [5, 5.41) is 10.9. The number of hydrogen-bond donors (Lipinski definition) is 1. The van der Waals surface area contributed by atoms with E-state index in [1.165, 1.54) is 12.7 Å². The molecule has 4 heteroatoms. The van der Waals surface area contributed by atoms with E-state index < -0.39 is 15.4 Å². The second-order valence-electron chi connectivity index (χ2n) is 7.85. The molecular formula is C17H32O3S. The van der Waals surface area contributed by atoms with Crippen LogP contribution in [0.1, 0.15) is 71.6 Å². The van der Waals surface area contributed by atoms with Gasteiger partial charge >= 0.3 is 0 Å². The molecule has 4 atom stereocenters. The minimum atomic E-state index is -2.97. The second-order valence-corrected chi connectivity index (χ2v) is 10.2. The minimum absolute atomic E-state index is 0.178. The van der Waals surface area contributed by atoms with Crippen molar-refractivity contribution in [2.75, 3.05) is 6.26 Å². The van der Waals surface area contributed by atoms with Crippen LogP contribution in [0.2, 0.25) is 0 Å². The molecule has 21 heavy (non-hydrogen) atoms. The molecule has 2 aliphatic carbocycles. The van der Waals surface area contributed by atoms with Crippen molar-refractivity contribution in [1.82, 2.24) is 0 Å². The fourth-order valence-electron chi connectivity index (χ4n) is 4.47. The van der Waals surface area contributed by atoms with Crippen LogP contribution in [0.5, 0.6) is 0 Å². The summed E-state index contributed by atoms with van der Waals surface area (Å²) in [6.07, 6.45) is 9.84. The van der Waals surface area contributed by atoms with Crippen molar-refractivity contribution < 1.29 is 13.5 Å². The zero-order chi connectivity index (χ0) is 15.7. The van der Waals surface area contributed by atoms with Gasteiger partial charge in [-0.3, -0.25) is 0 Å². The number of rotatable bonds is 3. The van der Waals surface area contributed by atoms with Crippen molar-refractivity contribution in [2.45, 2.75) is 82.5 Å². The maximum Gasteiger partial charge on any atom is 0.150 e. The maximum atomic E-state index is 11.8. The molecule has 0 radical (unpaired) electrons. The average molecular weight is 317 g/mol. The van der Waals surface area contributed by atoms with Crippen LogP contribution in [-0.4, -0.2) is 30.6 Å². The predicted molar refractivity (Wildman–Crippen MR) is 87.0 cm³/mol. The fraction of sp³-hybridized carbons (Fsp3) is 1.00. The van der Waals surface area contributed by atoms with E-state index in [2.05, 4.69) is 13.8 Å². The van der Waals surface area contributed by atoms with Crippen molar-refractivity contribution in [2.24, 2.45) is 17.8 Å². The lowest BCUT2D eigenvalue weighted by Gasteiger charge is -2.40. The second kappa shape index (κ2) is 6.57. The molecule has 1 N–H and O–H groups in total. The lowest BCUT2D eigenvalue weighted by molar-refractivity contribution is -0.0457. The first-order chi connectivity index (χ1) is 9.72. The standard InChI is InChI=1S/C17H32O3S/c1-13(2)14-6-5-10-17(18,11-9-14)15-7-4-8-16(12-15)21(3,19)20/h13-16,18H,4-12H2,1-3H3. The van der Waals surface area contributed by atoms with E-state index >= 15 is 0 Å². The molecule has 0 bridgehead atoms. The van der Waals surface area contributed by atoms with Crippen molar-refractivity contribution in [3.63, 3.8) is 0 Å². The Morgan fingerprint density at radius 1 is 1.05 bits per heavy atom. The van der Waals surface area contributed by atoms with E-state index in [4.69, 9.17) is 0 Å². The van der Waals surface area contributed by atoms with Gasteiger partial charge in [-0.25, -0.2) is 8.42 Å². The zero-order valence-electron chi connectivity index (χ0n) is 13.8. The first-order valence-corrected chi connectivity index (χ1v) is 10.6. The summed E-state index contributed by atoms with van der Waals surface area (Å²) >= 11 is 0. The van der Waals surface area contributed by atoms with E-state index in [1.54, 1.807) is 0 Å². The van der Waals surface area contributed by atoms with Gasteiger partial charge in [-0.1, -0.05) is 33.1 Å². The van der Waals surface area contributed by atoms with Crippen LogP contribution in [0.4, 0.5) is 0 Å². The predicted octanol–water partition coefficient (Wildman–Crippen LogP) is 3.56. The first kappa shape index (κ1) is 17.3. The highest BCUT2D eigenvalue weighted by Gasteiger charge is 2.42. The molecule has 0 aromatic carbocycles. The summed E-state index contributed by atoms with van der Waals surface area (Å²) in [7, 11) is -2.97. The third-order valence-corrected chi connectivity index (χ3v) is 7.71. The molecule has 0 spiro atoms. The third kappa shape index (κ3) is 4.22. The molecule has 124 valence electrons. The summed E-state index contributed by atoms with van der Waals surface area (Å²) in [4.78, 5) is 0. The highest BCUT2D eigenvalue weighted by atomic mass is 32.2. The molecule has 0 aromatic heterocycles. The van der Waals surface area contributed by atoms with E-state index in [1.807, 2.05) is 0 Å². The average Bonchev–Trinajstić information content (AvgIpc) is 2.61. The van der Waals surface area contributed by atoms with Gasteiger partial charge in [-0.15, -0.1) is 0 Å². The van der Waals surface area contributed by atoms with Crippen molar-refractivity contribution in [3.8, 4) is 0 Å². The SMILES string of the molecule is CC(C)C1CCCC(O)(C2CCCC(S(C)(=O)=O)C2)CC1. The lowest BCUT2D eigenvalue weighted by atomic mass is 9.73. The molecule has 2 rings (SSSR count). The Balaban J connectivity index is 2.05. The Bertz CT molecular complexity index is 443. The van der Waals surface area contributed by atoms with Gasteiger partial charge in [0, 0.05) is 6.26 Å². The molecule has 0 heterocycles. The van der Waals surface area contributed by atoms with Gasteiger partial charge in [-0.2, -0.15) is 0 Å². The third-order valence-electron chi connectivity index (χ3n) is 6.07. The summed E-state index contributed by atoms with van der Waals surface area (Å²) < 4.78 is 23.7. The van der Waals surface area contributed by atoms with Crippen molar-refractivity contribution >= 4 is 9.84 Å².